The summed E-state index contributed by atoms with van der Waals surface area (Å²) in [6, 6.07) is 12.4. The number of hydrogen-bond acceptors (Lipinski definition) is 4. The molecule has 3 aliphatic rings. The molecule has 2 aromatic rings. The van der Waals surface area contributed by atoms with Gasteiger partial charge in [0.15, 0.2) is 5.84 Å². The Morgan fingerprint density at radius 1 is 1.13 bits per heavy atom. The Morgan fingerprint density at radius 3 is 2.90 bits per heavy atom. The maximum absolute atomic E-state index is 14.1. The number of ether oxygens (including phenoxy) is 2. The highest BCUT2D eigenvalue weighted by atomic mass is 19.1. The van der Waals surface area contributed by atoms with Crippen LogP contribution in [-0.2, 0) is 11.3 Å². The van der Waals surface area contributed by atoms with E-state index in [4.69, 9.17) is 14.9 Å². The summed E-state index contributed by atoms with van der Waals surface area (Å²) >= 11 is 0. The van der Waals surface area contributed by atoms with E-state index >= 15 is 0 Å². The van der Waals surface area contributed by atoms with Crippen LogP contribution in [0.3, 0.4) is 0 Å². The van der Waals surface area contributed by atoms with Crippen LogP contribution in [0.4, 0.5) is 4.39 Å². The van der Waals surface area contributed by atoms with Gasteiger partial charge in [-0.2, -0.15) is 0 Å². The van der Waals surface area contributed by atoms with Crippen LogP contribution in [0.1, 0.15) is 36.0 Å². The van der Waals surface area contributed by atoms with Crippen LogP contribution in [0.5, 0.6) is 5.75 Å². The van der Waals surface area contributed by atoms with Gasteiger partial charge in [-0.15, -0.1) is 0 Å². The summed E-state index contributed by atoms with van der Waals surface area (Å²) in [5.74, 6) is 1.26. The van der Waals surface area contributed by atoms with Gasteiger partial charge in [-0.3, -0.25) is 5.41 Å². The number of allylic oxidation sites excluding steroid dienone is 2. The summed E-state index contributed by atoms with van der Waals surface area (Å²) in [6.07, 6.45) is 9.02. The number of amidine groups is 2. The van der Waals surface area contributed by atoms with Crippen LogP contribution >= 0.6 is 0 Å². The zero-order chi connectivity index (χ0) is 21.2. The predicted molar refractivity (Wildman–Crippen MR) is 119 cm³/mol. The standard InChI is InChI=1S/C25H24FN3O2/c26-19-9-10-23(31-16-20-6-3-4-12-30-20)22(13-19)18-8-11-24-28-25(27)21-7-2-1-5-17(21)14-29(24)15-18/h1-2,5,7-11,13,15,20,27H,3-4,6,12,14,16H2. The third-order valence-corrected chi connectivity index (χ3v) is 5.79. The van der Waals surface area contributed by atoms with E-state index in [0.717, 1.165) is 42.6 Å². The topological polar surface area (TPSA) is 57.9 Å². The van der Waals surface area contributed by atoms with Crippen molar-refractivity contribution in [1.29, 1.82) is 5.41 Å². The number of rotatable bonds is 4. The van der Waals surface area contributed by atoms with Crippen LogP contribution < -0.4 is 4.74 Å². The highest BCUT2D eigenvalue weighted by molar-refractivity contribution is 6.11. The van der Waals surface area contributed by atoms with Gasteiger partial charge in [0.25, 0.3) is 0 Å². The molecule has 0 amide bonds. The van der Waals surface area contributed by atoms with Crippen molar-refractivity contribution < 1.29 is 13.9 Å². The van der Waals surface area contributed by atoms with Crippen LogP contribution in [0, 0.1) is 11.2 Å². The molecule has 6 heteroatoms. The molecule has 5 nitrogen and oxygen atoms in total. The number of nitrogens with one attached hydrogen (secondary N) is 1. The maximum atomic E-state index is 14.1. The zero-order valence-electron chi connectivity index (χ0n) is 17.2. The maximum Gasteiger partial charge on any atom is 0.154 e. The summed E-state index contributed by atoms with van der Waals surface area (Å²) in [7, 11) is 0. The van der Waals surface area contributed by atoms with Crippen molar-refractivity contribution in [3.8, 4) is 5.75 Å². The normalized spacial score (nSPS) is 20.4. The van der Waals surface area contributed by atoms with Gasteiger partial charge in [-0.25, -0.2) is 9.38 Å². The van der Waals surface area contributed by atoms with E-state index in [-0.39, 0.29) is 17.8 Å². The first-order valence-electron chi connectivity index (χ1n) is 10.6. The Labute approximate surface area is 181 Å². The SMILES string of the molecule is N=C1N=C2C=CC(c3cc(F)ccc3OCC3CCCCO3)=CN2Cc2ccccc21. The molecule has 2 aromatic carbocycles. The Hall–Kier alpha value is -3.25. The van der Waals surface area contributed by atoms with Gasteiger partial charge in [-0.1, -0.05) is 24.3 Å². The minimum absolute atomic E-state index is 0.0781. The van der Waals surface area contributed by atoms with Gasteiger partial charge in [-0.05, 0) is 55.2 Å². The lowest BCUT2D eigenvalue weighted by Gasteiger charge is -2.25. The molecule has 158 valence electrons. The minimum Gasteiger partial charge on any atom is -0.490 e. The van der Waals surface area contributed by atoms with Crippen molar-refractivity contribution in [2.75, 3.05) is 13.2 Å². The van der Waals surface area contributed by atoms with E-state index in [9.17, 15) is 4.39 Å². The lowest BCUT2D eigenvalue weighted by atomic mass is 10.0. The van der Waals surface area contributed by atoms with Crippen LogP contribution in [0.25, 0.3) is 5.57 Å². The van der Waals surface area contributed by atoms with Crippen LogP contribution in [0.15, 0.2) is 65.8 Å². The van der Waals surface area contributed by atoms with Crippen molar-refractivity contribution >= 4 is 17.2 Å². The highest BCUT2D eigenvalue weighted by Crippen LogP contribution is 2.32. The molecule has 3 heterocycles. The molecular weight excluding hydrogens is 393 g/mol. The molecular formula is C25H24FN3O2. The number of halogens is 1. The molecule has 0 spiro atoms. The molecule has 0 aliphatic carbocycles. The zero-order valence-corrected chi connectivity index (χ0v) is 17.2. The Kier molecular flexibility index (Phi) is 5.38. The molecule has 1 unspecified atom stereocenters. The molecule has 1 saturated heterocycles. The fourth-order valence-corrected chi connectivity index (χ4v) is 4.15. The van der Waals surface area contributed by atoms with Gasteiger partial charge in [0.05, 0.1) is 6.10 Å². The number of benzene rings is 2. The van der Waals surface area contributed by atoms with Crippen molar-refractivity contribution in [3.05, 3.63) is 83.3 Å². The first-order valence-corrected chi connectivity index (χ1v) is 10.6. The number of nitrogens with zero attached hydrogens (tertiary/aromatic N) is 2. The van der Waals surface area contributed by atoms with Gasteiger partial charge in [0, 0.05) is 36.1 Å². The predicted octanol–water partition coefficient (Wildman–Crippen LogP) is 4.92. The van der Waals surface area contributed by atoms with E-state index in [1.165, 1.54) is 12.1 Å². The first kappa shape index (κ1) is 19.7. The summed E-state index contributed by atoms with van der Waals surface area (Å²) in [6.45, 7) is 1.81. The molecule has 31 heavy (non-hydrogen) atoms. The van der Waals surface area contributed by atoms with Crippen molar-refractivity contribution in [2.45, 2.75) is 31.9 Å². The van der Waals surface area contributed by atoms with Gasteiger partial charge < -0.3 is 14.4 Å². The second kappa shape index (κ2) is 8.47. The van der Waals surface area contributed by atoms with Gasteiger partial charge in [0.2, 0.25) is 0 Å². The van der Waals surface area contributed by atoms with E-state index in [2.05, 4.69) is 4.99 Å². The van der Waals surface area contributed by atoms with E-state index < -0.39 is 0 Å². The van der Waals surface area contributed by atoms with Gasteiger partial charge >= 0.3 is 0 Å². The fraction of sp³-hybridized carbons (Fsp3) is 0.280. The Bertz CT molecular complexity index is 1100. The minimum atomic E-state index is -0.312. The third kappa shape index (κ3) is 4.16. The number of aliphatic imine (C=N–C) groups is 1. The Balaban J connectivity index is 1.44. The molecule has 1 fully saturated rings. The second-order valence-corrected chi connectivity index (χ2v) is 7.96. The van der Waals surface area contributed by atoms with E-state index in [1.807, 2.05) is 47.5 Å². The van der Waals surface area contributed by atoms with Crippen molar-refractivity contribution in [3.63, 3.8) is 0 Å². The summed E-state index contributed by atoms with van der Waals surface area (Å²) in [5, 5.41) is 8.31. The summed E-state index contributed by atoms with van der Waals surface area (Å²) in [4.78, 5) is 6.47. The van der Waals surface area contributed by atoms with Crippen LogP contribution in [-0.4, -0.2) is 35.9 Å². The number of hydrogen-bond donors (Lipinski definition) is 1. The quantitative estimate of drug-likeness (QED) is 0.768. The fourth-order valence-electron chi connectivity index (χ4n) is 4.15. The molecule has 0 radical (unpaired) electrons. The smallest absolute Gasteiger partial charge is 0.154 e. The lowest BCUT2D eigenvalue weighted by Crippen LogP contribution is -2.26. The highest BCUT2D eigenvalue weighted by Gasteiger charge is 2.22. The molecule has 1 N–H and O–H groups in total. The largest absolute Gasteiger partial charge is 0.490 e. The van der Waals surface area contributed by atoms with E-state index in [0.29, 0.717) is 30.3 Å². The second-order valence-electron chi connectivity index (χ2n) is 7.96. The Morgan fingerprint density at radius 2 is 2.03 bits per heavy atom. The lowest BCUT2D eigenvalue weighted by molar-refractivity contribution is -0.0111. The average molecular weight is 417 g/mol. The van der Waals surface area contributed by atoms with Crippen LogP contribution in [0.2, 0.25) is 0 Å². The van der Waals surface area contributed by atoms with Crippen molar-refractivity contribution in [1.82, 2.24) is 4.90 Å². The van der Waals surface area contributed by atoms with Gasteiger partial charge in [0.1, 0.15) is 24.0 Å². The van der Waals surface area contributed by atoms with Crippen molar-refractivity contribution in [2.24, 2.45) is 4.99 Å². The van der Waals surface area contributed by atoms with E-state index in [1.54, 1.807) is 6.07 Å². The molecule has 5 rings (SSSR count). The monoisotopic (exact) mass is 417 g/mol. The molecule has 3 aliphatic heterocycles. The molecule has 1 atom stereocenters. The molecule has 0 aromatic heterocycles. The number of fused-ring (bicyclic) bond motifs is 2. The average Bonchev–Trinajstić information content (AvgIpc) is 2.94. The first-order chi connectivity index (χ1) is 15.2. The summed E-state index contributed by atoms with van der Waals surface area (Å²) < 4.78 is 26.0. The third-order valence-electron chi connectivity index (χ3n) is 5.79. The molecule has 0 bridgehead atoms. The summed E-state index contributed by atoms with van der Waals surface area (Å²) in [5.41, 5.74) is 3.39. The molecule has 0 saturated carbocycles.